The number of nitrogens with zero attached hydrogens (tertiary/aromatic N) is 1. The van der Waals surface area contributed by atoms with Gasteiger partial charge in [0.1, 0.15) is 0 Å². The molecule has 2 rings (SSSR count). The second kappa shape index (κ2) is 7.26. The van der Waals surface area contributed by atoms with Gasteiger partial charge in [0.25, 0.3) is 0 Å². The molecule has 0 aromatic heterocycles. The van der Waals surface area contributed by atoms with Gasteiger partial charge in [-0.15, -0.1) is 0 Å². The summed E-state index contributed by atoms with van der Waals surface area (Å²) in [6.45, 7) is 0. The van der Waals surface area contributed by atoms with E-state index in [4.69, 9.17) is 16.7 Å². The standard InChI is InChI=1S/C16H13ClN2O2/c17-15-9-8-13(11-14(15)16(20)21)19-18-10-4-7-12-5-2-1-3-6-12/h1-11,19H,(H,20,21)/b7-4?,18-10+. The Morgan fingerprint density at radius 2 is 1.95 bits per heavy atom. The van der Waals surface area contributed by atoms with Crippen molar-refractivity contribution in [2.75, 3.05) is 5.43 Å². The number of nitrogens with one attached hydrogen (secondary N) is 1. The Balaban J connectivity index is 1.97. The first-order chi connectivity index (χ1) is 10.2. The number of halogens is 1. The van der Waals surface area contributed by atoms with Gasteiger partial charge in [-0.25, -0.2) is 4.79 Å². The summed E-state index contributed by atoms with van der Waals surface area (Å²) in [6, 6.07) is 14.4. The van der Waals surface area contributed by atoms with E-state index >= 15 is 0 Å². The van der Waals surface area contributed by atoms with E-state index in [9.17, 15) is 4.79 Å². The van der Waals surface area contributed by atoms with Crippen LogP contribution in [0.4, 0.5) is 5.69 Å². The summed E-state index contributed by atoms with van der Waals surface area (Å²) in [6.07, 6.45) is 5.29. The van der Waals surface area contributed by atoms with Gasteiger partial charge in [0.2, 0.25) is 0 Å². The van der Waals surface area contributed by atoms with E-state index in [0.29, 0.717) is 5.69 Å². The summed E-state index contributed by atoms with van der Waals surface area (Å²) in [4.78, 5) is 10.9. The predicted molar refractivity (Wildman–Crippen MR) is 86.0 cm³/mol. The minimum Gasteiger partial charge on any atom is -0.478 e. The fourth-order valence-electron chi connectivity index (χ4n) is 1.63. The Kier molecular flexibility index (Phi) is 5.12. The number of hydrogen-bond acceptors (Lipinski definition) is 3. The normalized spacial score (nSPS) is 11.1. The van der Waals surface area contributed by atoms with Crippen molar-refractivity contribution < 1.29 is 9.90 Å². The minimum absolute atomic E-state index is 0.0386. The highest BCUT2D eigenvalue weighted by atomic mass is 35.5. The van der Waals surface area contributed by atoms with Gasteiger partial charge in [-0.3, -0.25) is 5.43 Å². The van der Waals surface area contributed by atoms with Crippen LogP contribution in [0, 0.1) is 0 Å². The van der Waals surface area contributed by atoms with Gasteiger partial charge in [-0.1, -0.05) is 48.0 Å². The maximum absolute atomic E-state index is 10.9. The maximum atomic E-state index is 10.9. The van der Waals surface area contributed by atoms with Crippen molar-refractivity contribution in [3.8, 4) is 0 Å². The van der Waals surface area contributed by atoms with Crippen LogP contribution in [0.5, 0.6) is 0 Å². The van der Waals surface area contributed by atoms with Gasteiger partial charge in [0, 0.05) is 6.21 Å². The van der Waals surface area contributed by atoms with Crippen LogP contribution >= 0.6 is 11.6 Å². The zero-order valence-corrected chi connectivity index (χ0v) is 11.8. The molecule has 0 radical (unpaired) electrons. The number of rotatable bonds is 5. The van der Waals surface area contributed by atoms with Crippen molar-refractivity contribution in [2.45, 2.75) is 0 Å². The molecule has 0 amide bonds. The summed E-state index contributed by atoms with van der Waals surface area (Å²) in [7, 11) is 0. The van der Waals surface area contributed by atoms with Crippen LogP contribution < -0.4 is 5.43 Å². The fraction of sp³-hybridized carbons (Fsp3) is 0. The largest absolute Gasteiger partial charge is 0.478 e. The molecule has 0 aliphatic heterocycles. The van der Waals surface area contributed by atoms with Gasteiger partial charge in [0.05, 0.1) is 16.3 Å². The van der Waals surface area contributed by atoms with E-state index < -0.39 is 5.97 Å². The van der Waals surface area contributed by atoms with Crippen molar-refractivity contribution in [3.05, 3.63) is 70.8 Å². The molecule has 0 heterocycles. The first kappa shape index (κ1) is 14.8. The lowest BCUT2D eigenvalue weighted by molar-refractivity contribution is 0.0697. The van der Waals surface area contributed by atoms with Crippen molar-refractivity contribution >= 4 is 35.5 Å². The zero-order valence-electron chi connectivity index (χ0n) is 11.0. The molecule has 0 atom stereocenters. The molecular formula is C16H13ClN2O2. The molecular weight excluding hydrogens is 288 g/mol. The number of anilines is 1. The molecule has 0 saturated carbocycles. The predicted octanol–water partition coefficient (Wildman–Crippen LogP) is 4.15. The van der Waals surface area contributed by atoms with Gasteiger partial charge in [-0.05, 0) is 29.8 Å². The Morgan fingerprint density at radius 1 is 1.19 bits per heavy atom. The monoisotopic (exact) mass is 300 g/mol. The summed E-state index contributed by atoms with van der Waals surface area (Å²) in [5.41, 5.74) is 4.42. The molecule has 4 nitrogen and oxygen atoms in total. The molecule has 2 aromatic rings. The molecule has 21 heavy (non-hydrogen) atoms. The van der Waals surface area contributed by atoms with Crippen molar-refractivity contribution in [3.63, 3.8) is 0 Å². The molecule has 0 spiro atoms. The molecule has 2 N–H and O–H groups in total. The highest BCUT2D eigenvalue weighted by molar-refractivity contribution is 6.33. The number of allylic oxidation sites excluding steroid dienone is 1. The van der Waals surface area contributed by atoms with Crippen LogP contribution in [0.15, 0.2) is 59.7 Å². The number of carbonyl (C=O) groups is 1. The first-order valence-electron chi connectivity index (χ1n) is 6.20. The van der Waals surface area contributed by atoms with E-state index in [1.54, 1.807) is 18.4 Å². The summed E-state index contributed by atoms with van der Waals surface area (Å²) in [5.74, 6) is -1.07. The van der Waals surface area contributed by atoms with E-state index in [-0.39, 0.29) is 10.6 Å². The molecule has 106 valence electrons. The lowest BCUT2D eigenvalue weighted by atomic mass is 10.2. The Hall–Kier alpha value is -2.59. The van der Waals surface area contributed by atoms with Gasteiger partial charge in [-0.2, -0.15) is 5.10 Å². The first-order valence-corrected chi connectivity index (χ1v) is 6.58. The summed E-state index contributed by atoms with van der Waals surface area (Å²) in [5, 5.41) is 13.1. The van der Waals surface area contributed by atoms with Crippen LogP contribution in [0.3, 0.4) is 0 Å². The van der Waals surface area contributed by atoms with E-state index in [1.165, 1.54) is 12.1 Å². The molecule has 0 aliphatic carbocycles. The van der Waals surface area contributed by atoms with Crippen LogP contribution in [-0.4, -0.2) is 17.3 Å². The molecule has 0 saturated heterocycles. The van der Waals surface area contributed by atoms with Gasteiger partial charge in [0.15, 0.2) is 0 Å². The zero-order chi connectivity index (χ0) is 15.1. The number of hydrogen-bond donors (Lipinski definition) is 2. The second-order valence-corrected chi connectivity index (χ2v) is 4.57. The summed E-state index contributed by atoms with van der Waals surface area (Å²) < 4.78 is 0. The topological polar surface area (TPSA) is 61.7 Å². The molecule has 0 unspecified atom stereocenters. The quantitative estimate of drug-likeness (QED) is 0.644. The van der Waals surface area contributed by atoms with E-state index in [1.807, 2.05) is 36.4 Å². The highest BCUT2D eigenvalue weighted by Gasteiger charge is 2.08. The molecule has 2 aromatic carbocycles. The smallest absolute Gasteiger partial charge is 0.337 e. The average molecular weight is 301 g/mol. The summed E-state index contributed by atoms with van der Waals surface area (Å²) >= 11 is 5.78. The van der Waals surface area contributed by atoms with Crippen LogP contribution in [-0.2, 0) is 0 Å². The lowest BCUT2D eigenvalue weighted by Crippen LogP contribution is -1.99. The van der Waals surface area contributed by atoms with Crippen LogP contribution in [0.1, 0.15) is 15.9 Å². The third-order valence-electron chi connectivity index (χ3n) is 2.64. The number of carboxylic acids is 1. The number of carboxylic acid groups (broad SMARTS) is 1. The molecule has 0 fully saturated rings. The number of hydrazone groups is 1. The average Bonchev–Trinajstić information content (AvgIpc) is 2.49. The second-order valence-electron chi connectivity index (χ2n) is 4.16. The van der Waals surface area contributed by atoms with Crippen molar-refractivity contribution in [1.82, 2.24) is 0 Å². The Labute approximate surface area is 127 Å². The van der Waals surface area contributed by atoms with E-state index in [0.717, 1.165) is 5.56 Å². The van der Waals surface area contributed by atoms with Crippen molar-refractivity contribution in [1.29, 1.82) is 0 Å². The Morgan fingerprint density at radius 3 is 2.67 bits per heavy atom. The fourth-order valence-corrected chi connectivity index (χ4v) is 1.83. The van der Waals surface area contributed by atoms with Crippen LogP contribution in [0.25, 0.3) is 6.08 Å². The molecule has 0 bridgehead atoms. The minimum atomic E-state index is -1.07. The number of aromatic carboxylic acids is 1. The highest BCUT2D eigenvalue weighted by Crippen LogP contribution is 2.20. The Bertz CT molecular complexity index is 682. The number of benzene rings is 2. The third kappa shape index (κ3) is 4.47. The van der Waals surface area contributed by atoms with E-state index in [2.05, 4.69) is 10.5 Å². The molecule has 0 aliphatic rings. The SMILES string of the molecule is O=C(O)c1cc(N/N=C/C=Cc2ccccc2)ccc1Cl. The van der Waals surface area contributed by atoms with Crippen LogP contribution in [0.2, 0.25) is 5.02 Å². The third-order valence-corrected chi connectivity index (χ3v) is 2.97. The molecule has 5 heteroatoms. The lowest BCUT2D eigenvalue weighted by Gasteiger charge is -2.03. The van der Waals surface area contributed by atoms with Crippen molar-refractivity contribution in [2.24, 2.45) is 5.10 Å². The maximum Gasteiger partial charge on any atom is 0.337 e. The van der Waals surface area contributed by atoms with Gasteiger partial charge < -0.3 is 5.11 Å². The van der Waals surface area contributed by atoms with Gasteiger partial charge >= 0.3 is 5.97 Å².